The normalized spacial score (nSPS) is 13.1. The number of aromatic hydroxyl groups is 1. The highest BCUT2D eigenvalue weighted by Crippen LogP contribution is 2.31. The summed E-state index contributed by atoms with van der Waals surface area (Å²) in [6, 6.07) is 15.9. The molecule has 3 rings (SSSR count). The molecule has 1 atom stereocenters. The molecule has 8 nitrogen and oxygen atoms in total. The molecule has 172 valence electrons. The maximum absolute atomic E-state index is 12.9. The van der Waals surface area contributed by atoms with Crippen LogP contribution in [0.5, 0.6) is 5.75 Å². The van der Waals surface area contributed by atoms with Gasteiger partial charge in [0.1, 0.15) is 17.5 Å². The lowest BCUT2D eigenvalue weighted by Crippen LogP contribution is -2.31. The number of carbonyl (C=O) groups is 1. The quantitative estimate of drug-likeness (QED) is 0.371. The third-order valence-corrected chi connectivity index (χ3v) is 5.12. The van der Waals surface area contributed by atoms with E-state index >= 15 is 0 Å². The van der Waals surface area contributed by atoms with Crippen LogP contribution in [0.1, 0.15) is 46.6 Å². The van der Waals surface area contributed by atoms with Crippen molar-refractivity contribution in [1.29, 1.82) is 0 Å². The molecule has 3 aromatic rings. The van der Waals surface area contributed by atoms with Crippen LogP contribution in [-0.4, -0.2) is 34.6 Å². The Hall–Kier alpha value is -4.07. The van der Waals surface area contributed by atoms with E-state index in [1.807, 2.05) is 50.2 Å². The number of nitrogens with two attached hydrogens (primary N) is 2. The molecule has 0 aliphatic heterocycles. The predicted molar refractivity (Wildman–Crippen MR) is 130 cm³/mol. The lowest BCUT2D eigenvalue weighted by Gasteiger charge is -2.18. The van der Waals surface area contributed by atoms with Gasteiger partial charge in [0.25, 0.3) is 5.91 Å². The zero-order chi connectivity index (χ0) is 24.0. The average Bonchev–Trinajstić information content (AvgIpc) is 3.24. The highest BCUT2D eigenvalue weighted by molar-refractivity contribution is 6.39. The Morgan fingerprint density at radius 3 is 2.48 bits per heavy atom. The Morgan fingerprint density at radius 1 is 1.12 bits per heavy atom. The van der Waals surface area contributed by atoms with E-state index in [1.54, 1.807) is 25.4 Å². The van der Waals surface area contributed by atoms with Gasteiger partial charge in [0.15, 0.2) is 17.4 Å². The maximum Gasteiger partial charge on any atom is 0.257 e. The van der Waals surface area contributed by atoms with Gasteiger partial charge in [-0.25, -0.2) is 4.99 Å². The Morgan fingerprint density at radius 2 is 1.85 bits per heavy atom. The van der Waals surface area contributed by atoms with Gasteiger partial charge in [-0.2, -0.15) is 0 Å². The number of para-hydroxylation sites is 1. The highest BCUT2D eigenvalue weighted by Gasteiger charge is 2.19. The Balaban J connectivity index is 1.82. The minimum atomic E-state index is -0.340. The van der Waals surface area contributed by atoms with Crippen molar-refractivity contribution in [3.8, 4) is 5.75 Å². The fourth-order valence-electron chi connectivity index (χ4n) is 3.33. The van der Waals surface area contributed by atoms with Crippen molar-refractivity contribution in [3.63, 3.8) is 0 Å². The van der Waals surface area contributed by atoms with E-state index in [-0.39, 0.29) is 40.6 Å². The SMILES string of the molecule is CC[C@@H](N=C(N)C(N)=Nc1cccc(C(=O)N(C)Cc2ccccc2)c1O)c1cc(C)co1. The van der Waals surface area contributed by atoms with E-state index in [9.17, 15) is 9.90 Å². The lowest BCUT2D eigenvalue weighted by molar-refractivity contribution is 0.0782. The van der Waals surface area contributed by atoms with E-state index in [4.69, 9.17) is 15.9 Å². The van der Waals surface area contributed by atoms with Crippen LogP contribution in [0.3, 0.4) is 0 Å². The fraction of sp³-hybridized carbons (Fsp3) is 0.240. The Labute approximate surface area is 193 Å². The van der Waals surface area contributed by atoms with Crippen LogP contribution in [0.15, 0.2) is 75.3 Å². The molecule has 0 saturated heterocycles. The van der Waals surface area contributed by atoms with E-state index < -0.39 is 0 Å². The van der Waals surface area contributed by atoms with Crippen molar-refractivity contribution in [2.24, 2.45) is 21.5 Å². The molecular weight excluding hydrogens is 418 g/mol. The molecule has 0 radical (unpaired) electrons. The zero-order valence-electron chi connectivity index (χ0n) is 19.0. The molecule has 0 bridgehead atoms. The predicted octanol–water partition coefficient (Wildman–Crippen LogP) is 4.06. The number of aryl methyl sites for hydroxylation is 1. The summed E-state index contributed by atoms with van der Waals surface area (Å²) < 4.78 is 5.52. The van der Waals surface area contributed by atoms with Crippen LogP contribution in [0, 0.1) is 6.92 Å². The summed E-state index contributed by atoms with van der Waals surface area (Å²) in [5.41, 5.74) is 14.3. The molecule has 0 saturated carbocycles. The number of amides is 1. The number of hydrogen-bond acceptors (Lipinski definition) is 5. The average molecular weight is 448 g/mol. The number of amidine groups is 2. The first-order valence-electron chi connectivity index (χ1n) is 10.6. The number of benzene rings is 2. The summed E-state index contributed by atoms with van der Waals surface area (Å²) in [6.07, 6.45) is 2.31. The third kappa shape index (κ3) is 5.79. The molecule has 1 heterocycles. The summed E-state index contributed by atoms with van der Waals surface area (Å²) in [5, 5.41) is 10.7. The summed E-state index contributed by atoms with van der Waals surface area (Å²) in [6.45, 7) is 4.29. The molecule has 0 aliphatic carbocycles. The fourth-order valence-corrected chi connectivity index (χ4v) is 3.33. The summed E-state index contributed by atoms with van der Waals surface area (Å²) in [7, 11) is 1.67. The molecule has 2 aromatic carbocycles. The second-order valence-corrected chi connectivity index (χ2v) is 7.78. The van der Waals surface area contributed by atoms with Gasteiger partial charge in [-0.1, -0.05) is 43.3 Å². The van der Waals surface area contributed by atoms with Gasteiger partial charge >= 0.3 is 0 Å². The van der Waals surface area contributed by atoms with Gasteiger partial charge in [-0.05, 0) is 42.7 Å². The van der Waals surface area contributed by atoms with Crippen molar-refractivity contribution in [2.45, 2.75) is 32.9 Å². The molecule has 8 heteroatoms. The van der Waals surface area contributed by atoms with Gasteiger partial charge in [-0.15, -0.1) is 0 Å². The number of phenols is 1. The van der Waals surface area contributed by atoms with Crippen molar-refractivity contribution in [2.75, 3.05) is 7.05 Å². The van der Waals surface area contributed by atoms with Gasteiger partial charge < -0.3 is 25.9 Å². The topological polar surface area (TPSA) is 130 Å². The molecule has 0 spiro atoms. The number of nitrogens with zero attached hydrogens (tertiary/aromatic N) is 3. The van der Waals surface area contributed by atoms with Crippen LogP contribution in [0.2, 0.25) is 0 Å². The van der Waals surface area contributed by atoms with Crippen LogP contribution in [0.4, 0.5) is 5.69 Å². The number of furan rings is 1. The lowest BCUT2D eigenvalue weighted by atomic mass is 10.1. The van der Waals surface area contributed by atoms with Gasteiger partial charge in [-0.3, -0.25) is 9.79 Å². The van der Waals surface area contributed by atoms with Gasteiger partial charge in [0.2, 0.25) is 0 Å². The number of phenolic OH excluding ortho intramolecular Hbond substituents is 1. The van der Waals surface area contributed by atoms with Gasteiger partial charge in [0.05, 0.1) is 11.8 Å². The van der Waals surface area contributed by atoms with E-state index in [0.717, 1.165) is 11.1 Å². The van der Waals surface area contributed by atoms with Crippen LogP contribution < -0.4 is 11.5 Å². The summed E-state index contributed by atoms with van der Waals surface area (Å²) in [5.74, 6) is 0.0323. The highest BCUT2D eigenvalue weighted by atomic mass is 16.3. The van der Waals surface area contributed by atoms with E-state index in [1.165, 1.54) is 11.0 Å². The molecule has 33 heavy (non-hydrogen) atoms. The van der Waals surface area contributed by atoms with Crippen molar-refractivity contribution in [3.05, 3.63) is 83.3 Å². The monoisotopic (exact) mass is 447 g/mol. The molecule has 0 aliphatic rings. The van der Waals surface area contributed by atoms with E-state index in [0.29, 0.717) is 18.7 Å². The van der Waals surface area contributed by atoms with Crippen LogP contribution >= 0.6 is 0 Å². The number of carbonyl (C=O) groups excluding carboxylic acids is 1. The van der Waals surface area contributed by atoms with Gasteiger partial charge in [0, 0.05) is 13.6 Å². The largest absolute Gasteiger partial charge is 0.505 e. The standard InChI is InChI=1S/C25H29N5O3/c1-4-19(21-13-16(2)15-33-21)28-23(26)24(27)29-20-12-8-11-18(22(20)31)25(32)30(3)14-17-9-6-5-7-10-17/h5-13,15,19,31H,4,14H2,1-3H3,(H2,26,28)(H2,27,29)/t19-/m1/s1. The summed E-state index contributed by atoms with van der Waals surface area (Å²) >= 11 is 0. The minimum Gasteiger partial charge on any atom is -0.505 e. The maximum atomic E-state index is 12.9. The number of rotatable bonds is 7. The molecule has 1 amide bonds. The molecule has 1 aromatic heterocycles. The smallest absolute Gasteiger partial charge is 0.257 e. The Kier molecular flexibility index (Phi) is 7.50. The molecular formula is C25H29N5O3. The van der Waals surface area contributed by atoms with Crippen LogP contribution in [-0.2, 0) is 6.54 Å². The third-order valence-electron chi connectivity index (χ3n) is 5.12. The first kappa shape index (κ1) is 23.6. The van der Waals surface area contributed by atoms with Crippen LogP contribution in [0.25, 0.3) is 0 Å². The van der Waals surface area contributed by atoms with Crippen molar-refractivity contribution in [1.82, 2.24) is 4.90 Å². The molecule has 0 fully saturated rings. The minimum absolute atomic E-state index is 0.0215. The number of aliphatic imine (C=N–C) groups is 2. The molecule has 0 unspecified atom stereocenters. The zero-order valence-corrected chi connectivity index (χ0v) is 19.0. The summed E-state index contributed by atoms with van der Waals surface area (Å²) in [4.78, 5) is 23.1. The molecule has 5 N–H and O–H groups in total. The second-order valence-electron chi connectivity index (χ2n) is 7.78. The van der Waals surface area contributed by atoms with E-state index in [2.05, 4.69) is 9.98 Å². The van der Waals surface area contributed by atoms with Crippen molar-refractivity contribution < 1.29 is 14.3 Å². The Bertz CT molecular complexity index is 1170. The van der Waals surface area contributed by atoms with Crippen molar-refractivity contribution >= 4 is 23.3 Å². The second kappa shape index (κ2) is 10.5. The first-order chi connectivity index (χ1) is 15.8. The number of hydrogen-bond donors (Lipinski definition) is 3. The first-order valence-corrected chi connectivity index (χ1v) is 10.6.